The smallest absolute Gasteiger partial charge is 0.142 e. The summed E-state index contributed by atoms with van der Waals surface area (Å²) >= 11 is 0. The molecule has 3 heteroatoms. The Hall–Kier alpha value is -1.09. The van der Waals surface area contributed by atoms with Crippen molar-refractivity contribution in [1.29, 1.82) is 0 Å². The van der Waals surface area contributed by atoms with Crippen LogP contribution in [0.4, 0.5) is 0 Å². The molecule has 0 bridgehead atoms. The van der Waals surface area contributed by atoms with E-state index in [0.29, 0.717) is 12.5 Å². The molecule has 0 saturated heterocycles. The van der Waals surface area contributed by atoms with Crippen molar-refractivity contribution in [3.05, 3.63) is 24.0 Å². The molecule has 2 N–H and O–H groups in total. The highest BCUT2D eigenvalue weighted by Crippen LogP contribution is 2.19. The molecule has 0 aliphatic heterocycles. The van der Waals surface area contributed by atoms with Crippen molar-refractivity contribution in [2.45, 2.75) is 33.4 Å². The molecular weight excluding hydrogens is 176 g/mol. The molecule has 0 saturated carbocycles. The summed E-state index contributed by atoms with van der Waals surface area (Å²) in [4.78, 5) is 4.03. The van der Waals surface area contributed by atoms with E-state index in [0.717, 1.165) is 11.3 Å². The van der Waals surface area contributed by atoms with Crippen LogP contribution in [-0.2, 0) is 6.54 Å². The van der Waals surface area contributed by atoms with Crippen LogP contribution in [-0.4, -0.2) is 11.1 Å². The van der Waals surface area contributed by atoms with Crippen molar-refractivity contribution < 1.29 is 4.74 Å². The molecule has 0 aliphatic rings. The van der Waals surface area contributed by atoms with Gasteiger partial charge in [0.25, 0.3) is 0 Å². The second kappa shape index (κ2) is 4.96. The normalized spacial score (nSPS) is 12.9. The highest BCUT2D eigenvalue weighted by molar-refractivity contribution is 5.29. The monoisotopic (exact) mass is 194 g/mol. The second-order valence-electron chi connectivity index (χ2n) is 3.75. The molecular formula is C11H18N2O. The van der Waals surface area contributed by atoms with E-state index in [-0.39, 0.29) is 6.10 Å². The fourth-order valence-corrected chi connectivity index (χ4v) is 1.02. The number of pyridine rings is 1. The van der Waals surface area contributed by atoms with Gasteiger partial charge in [-0.3, -0.25) is 4.98 Å². The van der Waals surface area contributed by atoms with Crippen molar-refractivity contribution >= 4 is 0 Å². The van der Waals surface area contributed by atoms with Gasteiger partial charge >= 0.3 is 0 Å². The topological polar surface area (TPSA) is 48.1 Å². The van der Waals surface area contributed by atoms with E-state index in [1.165, 1.54) is 0 Å². The summed E-state index contributed by atoms with van der Waals surface area (Å²) in [7, 11) is 0. The summed E-state index contributed by atoms with van der Waals surface area (Å²) in [6.45, 7) is 6.80. The lowest BCUT2D eigenvalue weighted by molar-refractivity contribution is 0.168. The number of hydrogen-bond donors (Lipinski definition) is 1. The molecule has 78 valence electrons. The fourth-order valence-electron chi connectivity index (χ4n) is 1.02. The Kier molecular flexibility index (Phi) is 3.89. The molecule has 1 rings (SSSR count). The van der Waals surface area contributed by atoms with Gasteiger partial charge in [-0.05, 0) is 18.9 Å². The predicted molar refractivity (Wildman–Crippen MR) is 57.1 cm³/mol. The lowest BCUT2D eigenvalue weighted by atomic mass is 10.1. The van der Waals surface area contributed by atoms with Gasteiger partial charge in [-0.2, -0.15) is 0 Å². The van der Waals surface area contributed by atoms with E-state index < -0.39 is 0 Å². The first-order valence-electron chi connectivity index (χ1n) is 4.94. The molecule has 0 fully saturated rings. The van der Waals surface area contributed by atoms with Gasteiger partial charge < -0.3 is 10.5 Å². The molecule has 0 radical (unpaired) electrons. The first-order valence-corrected chi connectivity index (χ1v) is 4.94. The van der Waals surface area contributed by atoms with E-state index in [1.807, 2.05) is 6.07 Å². The predicted octanol–water partition coefficient (Wildman–Crippen LogP) is 1.96. The van der Waals surface area contributed by atoms with Crippen LogP contribution in [0.3, 0.4) is 0 Å². The third kappa shape index (κ3) is 2.70. The number of ether oxygens (including phenoxy) is 1. The first kappa shape index (κ1) is 11.0. The van der Waals surface area contributed by atoms with Crippen molar-refractivity contribution in [3.8, 4) is 5.75 Å². The second-order valence-corrected chi connectivity index (χ2v) is 3.75. The Bertz CT molecular complexity index is 286. The zero-order chi connectivity index (χ0) is 10.6. The molecule has 0 amide bonds. The van der Waals surface area contributed by atoms with Crippen LogP contribution in [0.5, 0.6) is 5.75 Å². The Morgan fingerprint density at radius 3 is 2.71 bits per heavy atom. The van der Waals surface area contributed by atoms with Gasteiger partial charge in [-0.25, -0.2) is 0 Å². The number of nitrogens with zero attached hydrogens (tertiary/aromatic N) is 1. The van der Waals surface area contributed by atoms with Gasteiger partial charge in [0.05, 0.1) is 12.3 Å². The fraction of sp³-hybridized carbons (Fsp3) is 0.545. The van der Waals surface area contributed by atoms with E-state index in [2.05, 4.69) is 25.8 Å². The molecule has 0 spiro atoms. The number of hydrogen-bond acceptors (Lipinski definition) is 3. The van der Waals surface area contributed by atoms with Crippen LogP contribution in [0.15, 0.2) is 18.5 Å². The molecule has 1 heterocycles. The lowest BCUT2D eigenvalue weighted by Gasteiger charge is -2.19. The average molecular weight is 194 g/mol. The van der Waals surface area contributed by atoms with Gasteiger partial charge in [-0.15, -0.1) is 0 Å². The maximum Gasteiger partial charge on any atom is 0.142 e. The van der Waals surface area contributed by atoms with Crippen molar-refractivity contribution in [3.63, 3.8) is 0 Å². The summed E-state index contributed by atoms with van der Waals surface area (Å²) in [5.41, 5.74) is 6.60. The summed E-state index contributed by atoms with van der Waals surface area (Å²) in [5.74, 6) is 1.29. The summed E-state index contributed by atoms with van der Waals surface area (Å²) in [6.07, 6.45) is 3.64. The minimum atomic E-state index is 0.185. The molecule has 0 aromatic carbocycles. The van der Waals surface area contributed by atoms with E-state index >= 15 is 0 Å². The Balaban J connectivity index is 2.75. The van der Waals surface area contributed by atoms with Gasteiger partial charge in [0.15, 0.2) is 0 Å². The maximum atomic E-state index is 5.76. The van der Waals surface area contributed by atoms with Gasteiger partial charge in [0.1, 0.15) is 5.75 Å². The average Bonchev–Trinajstić information content (AvgIpc) is 2.18. The molecule has 1 aromatic heterocycles. The van der Waals surface area contributed by atoms with Crippen molar-refractivity contribution in [2.75, 3.05) is 0 Å². The molecule has 0 aliphatic carbocycles. The molecule has 1 aromatic rings. The van der Waals surface area contributed by atoms with E-state index in [1.54, 1.807) is 12.4 Å². The van der Waals surface area contributed by atoms with Gasteiger partial charge in [0, 0.05) is 18.3 Å². The van der Waals surface area contributed by atoms with Gasteiger partial charge in [0.2, 0.25) is 0 Å². The molecule has 3 nitrogen and oxygen atoms in total. The third-order valence-corrected chi connectivity index (χ3v) is 2.34. The largest absolute Gasteiger partial charge is 0.488 e. The van der Waals surface area contributed by atoms with Crippen LogP contribution in [0.2, 0.25) is 0 Å². The lowest BCUT2D eigenvalue weighted by Crippen LogP contribution is -2.19. The van der Waals surface area contributed by atoms with E-state index in [4.69, 9.17) is 10.5 Å². The Labute approximate surface area is 85.3 Å². The quantitative estimate of drug-likeness (QED) is 0.797. The summed E-state index contributed by atoms with van der Waals surface area (Å²) in [5, 5.41) is 0. The highest BCUT2D eigenvalue weighted by Gasteiger charge is 2.10. The number of aromatic nitrogens is 1. The van der Waals surface area contributed by atoms with E-state index in [9.17, 15) is 0 Å². The summed E-state index contributed by atoms with van der Waals surface area (Å²) in [6, 6.07) is 1.89. The SMILES string of the molecule is CC(C)C(C)Oc1cnccc1CN. The van der Waals surface area contributed by atoms with Crippen molar-refractivity contribution in [1.82, 2.24) is 4.98 Å². The highest BCUT2D eigenvalue weighted by atomic mass is 16.5. The Morgan fingerprint density at radius 1 is 1.43 bits per heavy atom. The Morgan fingerprint density at radius 2 is 2.14 bits per heavy atom. The number of nitrogens with two attached hydrogens (primary N) is 1. The number of rotatable bonds is 4. The van der Waals surface area contributed by atoms with Crippen molar-refractivity contribution in [2.24, 2.45) is 11.7 Å². The molecule has 1 unspecified atom stereocenters. The zero-order valence-electron chi connectivity index (χ0n) is 9.03. The minimum absolute atomic E-state index is 0.185. The van der Waals surface area contributed by atoms with Gasteiger partial charge in [-0.1, -0.05) is 13.8 Å². The summed E-state index contributed by atoms with van der Waals surface area (Å²) < 4.78 is 5.76. The molecule has 14 heavy (non-hydrogen) atoms. The first-order chi connectivity index (χ1) is 6.65. The van der Waals surface area contributed by atoms with Crippen LogP contribution in [0.1, 0.15) is 26.3 Å². The van der Waals surface area contributed by atoms with Crippen LogP contribution in [0, 0.1) is 5.92 Å². The molecule has 1 atom stereocenters. The van der Waals surface area contributed by atoms with Crippen LogP contribution in [0.25, 0.3) is 0 Å². The maximum absolute atomic E-state index is 5.76. The minimum Gasteiger partial charge on any atom is -0.488 e. The van der Waals surface area contributed by atoms with Crippen LogP contribution < -0.4 is 10.5 Å². The third-order valence-electron chi connectivity index (χ3n) is 2.34. The standard InChI is InChI=1S/C11H18N2O/c1-8(2)9(3)14-11-7-13-5-4-10(11)6-12/h4-5,7-9H,6,12H2,1-3H3. The zero-order valence-corrected chi connectivity index (χ0v) is 9.03. The van der Waals surface area contributed by atoms with Crippen LogP contribution >= 0.6 is 0 Å².